The lowest BCUT2D eigenvalue weighted by atomic mass is 9.81. The Bertz CT molecular complexity index is 599. The molecule has 2 aromatic rings. The highest BCUT2D eigenvalue weighted by Gasteiger charge is 2.34. The number of benzene rings is 1. The standard InChI is InChI=1S/C13H14BrN3/c1-8-15-16-12-13(2,3)7-9-6-10(14)4-5-11(9)17(8)12/h4-6H,7H2,1-3H3. The van der Waals surface area contributed by atoms with Crippen molar-refractivity contribution in [1.29, 1.82) is 0 Å². The molecule has 0 bridgehead atoms. The smallest absolute Gasteiger partial charge is 0.143 e. The summed E-state index contributed by atoms with van der Waals surface area (Å²) in [6.45, 7) is 6.44. The third-order valence-electron chi connectivity index (χ3n) is 3.35. The van der Waals surface area contributed by atoms with Crippen LogP contribution in [0, 0.1) is 6.92 Å². The van der Waals surface area contributed by atoms with Gasteiger partial charge in [-0.2, -0.15) is 0 Å². The SMILES string of the molecule is Cc1nnc2n1-c1ccc(Br)cc1CC2(C)C. The number of fused-ring (bicyclic) bond motifs is 3. The van der Waals surface area contributed by atoms with Crippen LogP contribution in [0.25, 0.3) is 5.69 Å². The van der Waals surface area contributed by atoms with Crippen molar-refractivity contribution < 1.29 is 0 Å². The molecule has 1 aromatic carbocycles. The molecule has 1 aliphatic heterocycles. The van der Waals surface area contributed by atoms with Gasteiger partial charge in [-0.1, -0.05) is 29.8 Å². The molecule has 1 aliphatic rings. The average Bonchev–Trinajstić information content (AvgIpc) is 2.61. The Morgan fingerprint density at radius 2 is 2.06 bits per heavy atom. The quantitative estimate of drug-likeness (QED) is 0.746. The second-order valence-electron chi connectivity index (χ2n) is 5.24. The lowest BCUT2D eigenvalue weighted by molar-refractivity contribution is 0.459. The van der Waals surface area contributed by atoms with Crippen molar-refractivity contribution in [2.45, 2.75) is 32.6 Å². The number of nitrogens with zero attached hydrogens (tertiary/aromatic N) is 3. The van der Waals surface area contributed by atoms with Crippen molar-refractivity contribution in [3.63, 3.8) is 0 Å². The van der Waals surface area contributed by atoms with Gasteiger partial charge in [-0.05, 0) is 37.1 Å². The molecule has 0 saturated carbocycles. The first-order valence-corrected chi connectivity index (χ1v) is 6.50. The Morgan fingerprint density at radius 1 is 1.29 bits per heavy atom. The summed E-state index contributed by atoms with van der Waals surface area (Å²) in [6, 6.07) is 6.40. The van der Waals surface area contributed by atoms with Gasteiger partial charge in [0.25, 0.3) is 0 Å². The summed E-state index contributed by atoms with van der Waals surface area (Å²) in [5.74, 6) is 2.01. The topological polar surface area (TPSA) is 30.7 Å². The van der Waals surface area contributed by atoms with E-state index in [4.69, 9.17) is 0 Å². The van der Waals surface area contributed by atoms with Crippen LogP contribution in [0.3, 0.4) is 0 Å². The van der Waals surface area contributed by atoms with Crippen LogP contribution in [0.1, 0.15) is 31.1 Å². The fraction of sp³-hybridized carbons (Fsp3) is 0.385. The molecule has 1 aromatic heterocycles. The van der Waals surface area contributed by atoms with Crippen LogP contribution in [0.2, 0.25) is 0 Å². The molecular formula is C13H14BrN3. The number of hydrogen-bond donors (Lipinski definition) is 0. The molecule has 0 aliphatic carbocycles. The van der Waals surface area contributed by atoms with E-state index in [0.717, 1.165) is 22.5 Å². The predicted octanol–water partition coefficient (Wildman–Crippen LogP) is 3.17. The van der Waals surface area contributed by atoms with Crippen LogP contribution in [0.4, 0.5) is 0 Å². The van der Waals surface area contributed by atoms with Gasteiger partial charge in [0.1, 0.15) is 11.6 Å². The van der Waals surface area contributed by atoms with E-state index in [2.05, 4.69) is 62.7 Å². The largest absolute Gasteiger partial charge is 0.282 e. The van der Waals surface area contributed by atoms with E-state index in [0.29, 0.717) is 0 Å². The van der Waals surface area contributed by atoms with E-state index in [1.807, 2.05) is 6.92 Å². The van der Waals surface area contributed by atoms with Gasteiger partial charge in [0, 0.05) is 9.89 Å². The van der Waals surface area contributed by atoms with Crippen molar-refractivity contribution in [3.8, 4) is 5.69 Å². The predicted molar refractivity (Wildman–Crippen MR) is 70.5 cm³/mol. The normalized spacial score (nSPS) is 16.5. The Morgan fingerprint density at radius 3 is 2.82 bits per heavy atom. The van der Waals surface area contributed by atoms with Gasteiger partial charge in [0.2, 0.25) is 0 Å². The van der Waals surface area contributed by atoms with Crippen LogP contribution >= 0.6 is 15.9 Å². The van der Waals surface area contributed by atoms with E-state index < -0.39 is 0 Å². The maximum atomic E-state index is 4.33. The van der Waals surface area contributed by atoms with Crippen LogP contribution in [0.5, 0.6) is 0 Å². The Balaban J connectivity index is 2.34. The molecule has 4 heteroatoms. The molecule has 3 nitrogen and oxygen atoms in total. The summed E-state index contributed by atoms with van der Waals surface area (Å²) in [6.07, 6.45) is 1.000. The molecular weight excluding hydrogens is 278 g/mol. The molecule has 0 fully saturated rings. The van der Waals surface area contributed by atoms with E-state index >= 15 is 0 Å². The Labute approximate surface area is 109 Å². The van der Waals surface area contributed by atoms with Gasteiger partial charge in [0.05, 0.1) is 5.69 Å². The van der Waals surface area contributed by atoms with E-state index in [1.54, 1.807) is 0 Å². The van der Waals surface area contributed by atoms with Crippen molar-refractivity contribution in [1.82, 2.24) is 14.8 Å². The summed E-state index contributed by atoms with van der Waals surface area (Å²) in [7, 11) is 0. The number of rotatable bonds is 0. The van der Waals surface area contributed by atoms with Gasteiger partial charge in [0.15, 0.2) is 0 Å². The number of hydrogen-bond acceptors (Lipinski definition) is 2. The molecule has 88 valence electrons. The van der Waals surface area contributed by atoms with Crippen molar-refractivity contribution in [3.05, 3.63) is 39.9 Å². The minimum atomic E-state index is 0.0368. The first kappa shape index (κ1) is 11.0. The zero-order valence-corrected chi connectivity index (χ0v) is 11.7. The minimum absolute atomic E-state index is 0.0368. The highest BCUT2D eigenvalue weighted by molar-refractivity contribution is 9.10. The summed E-state index contributed by atoms with van der Waals surface area (Å²) >= 11 is 3.54. The molecule has 2 heterocycles. The van der Waals surface area contributed by atoms with Gasteiger partial charge < -0.3 is 0 Å². The van der Waals surface area contributed by atoms with Crippen LogP contribution in [-0.4, -0.2) is 14.8 Å². The third-order valence-corrected chi connectivity index (χ3v) is 3.84. The van der Waals surface area contributed by atoms with E-state index in [-0.39, 0.29) is 5.41 Å². The molecule has 17 heavy (non-hydrogen) atoms. The van der Waals surface area contributed by atoms with Crippen molar-refractivity contribution in [2.75, 3.05) is 0 Å². The first-order chi connectivity index (χ1) is 7.99. The van der Waals surface area contributed by atoms with E-state index in [1.165, 1.54) is 11.3 Å². The van der Waals surface area contributed by atoms with Crippen molar-refractivity contribution in [2.24, 2.45) is 0 Å². The van der Waals surface area contributed by atoms with Gasteiger partial charge in [-0.25, -0.2) is 0 Å². The van der Waals surface area contributed by atoms with Gasteiger partial charge >= 0.3 is 0 Å². The lowest BCUT2D eigenvalue weighted by Crippen LogP contribution is -2.30. The first-order valence-electron chi connectivity index (χ1n) is 5.70. The second kappa shape index (κ2) is 3.42. The molecule has 3 rings (SSSR count). The highest BCUT2D eigenvalue weighted by atomic mass is 79.9. The lowest BCUT2D eigenvalue weighted by Gasteiger charge is -2.31. The monoisotopic (exact) mass is 291 g/mol. The third kappa shape index (κ3) is 1.54. The fourth-order valence-electron chi connectivity index (χ4n) is 2.56. The summed E-state index contributed by atoms with van der Waals surface area (Å²) in [5, 5.41) is 8.55. The molecule has 0 atom stereocenters. The van der Waals surface area contributed by atoms with Crippen LogP contribution < -0.4 is 0 Å². The Hall–Kier alpha value is -1.16. The zero-order chi connectivity index (χ0) is 12.2. The molecule has 0 radical (unpaired) electrons. The summed E-state index contributed by atoms with van der Waals surface area (Å²) < 4.78 is 3.30. The fourth-order valence-corrected chi connectivity index (χ4v) is 2.97. The number of aryl methyl sites for hydroxylation is 1. The molecule has 0 amide bonds. The maximum Gasteiger partial charge on any atom is 0.143 e. The Kier molecular flexibility index (Phi) is 2.20. The zero-order valence-electron chi connectivity index (χ0n) is 10.2. The molecule has 0 spiro atoms. The van der Waals surface area contributed by atoms with Crippen molar-refractivity contribution >= 4 is 15.9 Å². The average molecular weight is 292 g/mol. The van der Waals surface area contributed by atoms with E-state index in [9.17, 15) is 0 Å². The van der Waals surface area contributed by atoms with Crippen LogP contribution in [0.15, 0.2) is 22.7 Å². The highest BCUT2D eigenvalue weighted by Crippen LogP contribution is 2.37. The molecule has 0 N–H and O–H groups in total. The number of halogens is 1. The van der Waals surface area contributed by atoms with Crippen LogP contribution in [-0.2, 0) is 11.8 Å². The van der Waals surface area contributed by atoms with Gasteiger partial charge in [-0.15, -0.1) is 10.2 Å². The van der Waals surface area contributed by atoms with Gasteiger partial charge in [-0.3, -0.25) is 4.57 Å². The molecule has 0 saturated heterocycles. The number of aromatic nitrogens is 3. The summed E-state index contributed by atoms with van der Waals surface area (Å²) in [4.78, 5) is 0. The molecule has 0 unspecified atom stereocenters. The summed E-state index contributed by atoms with van der Waals surface area (Å²) in [5.41, 5.74) is 2.60. The maximum absolute atomic E-state index is 4.33. The second-order valence-corrected chi connectivity index (χ2v) is 6.16. The minimum Gasteiger partial charge on any atom is -0.282 e.